The van der Waals surface area contributed by atoms with Crippen molar-refractivity contribution < 1.29 is 14.3 Å². The first-order valence-electron chi connectivity index (χ1n) is 10.1. The number of carbonyl (C=O) groups is 2. The minimum absolute atomic E-state index is 0.0593. The SMILES string of the molecule is Cc1cccc(C)c1NC(=O)CN1CCN(C(=O)COc2ccc(C#N)cc2Cl)CC1. The molecule has 0 bridgehead atoms. The minimum atomic E-state index is -0.139. The number of piperazine rings is 1. The van der Waals surface area contributed by atoms with Gasteiger partial charge in [-0.15, -0.1) is 0 Å². The summed E-state index contributed by atoms with van der Waals surface area (Å²) >= 11 is 6.08. The second-order valence-electron chi connectivity index (χ2n) is 7.52. The van der Waals surface area contributed by atoms with Crippen LogP contribution in [-0.4, -0.2) is 60.9 Å². The number of halogens is 1. The Morgan fingerprint density at radius 2 is 1.81 bits per heavy atom. The van der Waals surface area contributed by atoms with Gasteiger partial charge in [-0.25, -0.2) is 0 Å². The topological polar surface area (TPSA) is 85.7 Å². The third kappa shape index (κ3) is 5.97. The fraction of sp³-hybridized carbons (Fsp3) is 0.348. The average Bonchev–Trinajstić information content (AvgIpc) is 2.75. The number of nitrogens with zero attached hydrogens (tertiary/aromatic N) is 3. The number of aryl methyl sites for hydroxylation is 2. The molecule has 8 heteroatoms. The van der Waals surface area contributed by atoms with Gasteiger partial charge >= 0.3 is 0 Å². The van der Waals surface area contributed by atoms with Crippen LogP contribution in [0.15, 0.2) is 36.4 Å². The first-order valence-corrected chi connectivity index (χ1v) is 10.4. The van der Waals surface area contributed by atoms with Crippen molar-refractivity contribution in [2.75, 3.05) is 44.6 Å². The Kier molecular flexibility index (Phi) is 7.50. The van der Waals surface area contributed by atoms with E-state index in [4.69, 9.17) is 21.6 Å². The highest BCUT2D eigenvalue weighted by atomic mass is 35.5. The van der Waals surface area contributed by atoms with Crippen LogP contribution in [-0.2, 0) is 9.59 Å². The van der Waals surface area contributed by atoms with Crippen LogP contribution in [0.2, 0.25) is 5.02 Å². The molecule has 1 aliphatic heterocycles. The Bertz CT molecular complexity index is 990. The molecule has 0 unspecified atom stereocenters. The number of amides is 2. The fourth-order valence-corrected chi connectivity index (χ4v) is 3.70. The number of nitrogens with one attached hydrogen (secondary N) is 1. The molecule has 1 aliphatic rings. The summed E-state index contributed by atoms with van der Waals surface area (Å²) in [7, 11) is 0. The van der Waals surface area contributed by atoms with Crippen LogP contribution in [0.1, 0.15) is 16.7 Å². The van der Waals surface area contributed by atoms with E-state index in [1.165, 1.54) is 6.07 Å². The van der Waals surface area contributed by atoms with E-state index in [1.54, 1.807) is 17.0 Å². The smallest absolute Gasteiger partial charge is 0.260 e. The van der Waals surface area contributed by atoms with Gasteiger partial charge in [-0.3, -0.25) is 14.5 Å². The average molecular weight is 441 g/mol. The highest BCUT2D eigenvalue weighted by molar-refractivity contribution is 6.32. The highest BCUT2D eigenvalue weighted by Gasteiger charge is 2.23. The summed E-state index contributed by atoms with van der Waals surface area (Å²) in [5.74, 6) is 0.173. The van der Waals surface area contributed by atoms with Gasteiger partial charge in [-0.1, -0.05) is 29.8 Å². The van der Waals surface area contributed by atoms with Gasteiger partial charge in [0.25, 0.3) is 5.91 Å². The van der Waals surface area contributed by atoms with Gasteiger partial charge in [0, 0.05) is 31.9 Å². The number of carbonyl (C=O) groups excluding carboxylic acids is 2. The van der Waals surface area contributed by atoms with Gasteiger partial charge in [0.15, 0.2) is 6.61 Å². The molecule has 7 nitrogen and oxygen atoms in total. The predicted molar refractivity (Wildman–Crippen MR) is 119 cm³/mol. The lowest BCUT2D eigenvalue weighted by Crippen LogP contribution is -2.51. The monoisotopic (exact) mass is 440 g/mol. The Morgan fingerprint density at radius 3 is 2.42 bits per heavy atom. The van der Waals surface area contributed by atoms with Crippen LogP contribution in [0.4, 0.5) is 5.69 Å². The van der Waals surface area contributed by atoms with Crippen LogP contribution in [0.3, 0.4) is 0 Å². The first kappa shape index (κ1) is 22.6. The van der Waals surface area contributed by atoms with Gasteiger partial charge in [-0.05, 0) is 43.2 Å². The van der Waals surface area contributed by atoms with Crippen molar-refractivity contribution in [1.29, 1.82) is 5.26 Å². The molecule has 2 aromatic rings. The molecular weight excluding hydrogens is 416 g/mol. The van der Waals surface area contributed by atoms with Gasteiger partial charge in [0.05, 0.1) is 23.2 Å². The minimum Gasteiger partial charge on any atom is -0.482 e. The summed E-state index contributed by atoms with van der Waals surface area (Å²) < 4.78 is 5.52. The van der Waals surface area contributed by atoms with Gasteiger partial charge in [-0.2, -0.15) is 5.26 Å². The van der Waals surface area contributed by atoms with Crippen LogP contribution in [0.25, 0.3) is 0 Å². The second kappa shape index (κ2) is 10.3. The normalized spacial score (nSPS) is 14.1. The van der Waals surface area contributed by atoms with Crippen LogP contribution < -0.4 is 10.1 Å². The van der Waals surface area contributed by atoms with E-state index in [9.17, 15) is 9.59 Å². The maximum atomic E-state index is 12.5. The van der Waals surface area contributed by atoms with E-state index in [0.29, 0.717) is 42.5 Å². The molecule has 3 rings (SSSR count). The molecule has 31 heavy (non-hydrogen) atoms. The van der Waals surface area contributed by atoms with Crippen molar-refractivity contribution in [1.82, 2.24) is 9.80 Å². The Hall–Kier alpha value is -3.08. The number of nitriles is 1. The van der Waals surface area contributed by atoms with Crippen molar-refractivity contribution in [3.8, 4) is 11.8 Å². The quantitative estimate of drug-likeness (QED) is 0.746. The molecule has 0 saturated carbocycles. The third-order valence-corrected chi connectivity index (χ3v) is 5.55. The van der Waals surface area contributed by atoms with Gasteiger partial charge in [0.1, 0.15) is 5.75 Å². The number of hydrogen-bond acceptors (Lipinski definition) is 5. The number of benzene rings is 2. The number of para-hydroxylation sites is 1. The van der Waals surface area contributed by atoms with Crippen molar-refractivity contribution in [3.63, 3.8) is 0 Å². The summed E-state index contributed by atoms with van der Waals surface area (Å²) in [4.78, 5) is 28.7. The van der Waals surface area contributed by atoms with Gasteiger partial charge < -0.3 is 15.0 Å². The number of ether oxygens (including phenoxy) is 1. The lowest BCUT2D eigenvalue weighted by molar-refractivity contribution is -0.135. The van der Waals surface area contributed by atoms with Crippen molar-refractivity contribution in [2.24, 2.45) is 0 Å². The summed E-state index contributed by atoms with van der Waals surface area (Å²) in [5.41, 5.74) is 3.36. The Morgan fingerprint density at radius 1 is 1.13 bits per heavy atom. The maximum Gasteiger partial charge on any atom is 0.260 e. The standard InChI is InChI=1S/C23H25ClN4O3/c1-16-4-3-5-17(2)23(16)26-21(29)14-27-8-10-28(11-9-27)22(30)15-31-20-7-6-18(13-25)12-19(20)24/h3-7,12H,8-11,14-15H2,1-2H3,(H,26,29). The summed E-state index contributed by atoms with van der Waals surface area (Å²) in [6.07, 6.45) is 0. The van der Waals surface area contributed by atoms with E-state index in [1.807, 2.05) is 43.0 Å². The Labute approximate surface area is 187 Å². The third-order valence-electron chi connectivity index (χ3n) is 5.25. The van der Waals surface area contributed by atoms with E-state index in [-0.39, 0.29) is 25.0 Å². The summed E-state index contributed by atoms with van der Waals surface area (Å²) in [6.45, 7) is 6.39. The molecular formula is C23H25ClN4O3. The molecule has 1 heterocycles. The van der Waals surface area contributed by atoms with Crippen molar-refractivity contribution in [2.45, 2.75) is 13.8 Å². The molecule has 162 valence electrons. The number of hydrogen-bond donors (Lipinski definition) is 1. The van der Waals surface area contributed by atoms with Crippen LogP contribution >= 0.6 is 11.6 Å². The van der Waals surface area contributed by atoms with E-state index in [0.717, 1.165) is 16.8 Å². The van der Waals surface area contributed by atoms with Crippen LogP contribution in [0, 0.1) is 25.2 Å². The van der Waals surface area contributed by atoms with Crippen LogP contribution in [0.5, 0.6) is 5.75 Å². The number of rotatable bonds is 6. The zero-order chi connectivity index (χ0) is 22.4. The molecule has 0 radical (unpaired) electrons. The molecule has 1 saturated heterocycles. The largest absolute Gasteiger partial charge is 0.482 e. The molecule has 0 spiro atoms. The second-order valence-corrected chi connectivity index (χ2v) is 7.92. The summed E-state index contributed by atoms with van der Waals surface area (Å²) in [6, 6.07) is 12.6. The predicted octanol–water partition coefficient (Wildman–Crippen LogP) is 2.99. The fourth-order valence-electron chi connectivity index (χ4n) is 3.47. The Balaban J connectivity index is 1.44. The highest BCUT2D eigenvalue weighted by Crippen LogP contribution is 2.25. The van der Waals surface area contributed by atoms with E-state index < -0.39 is 0 Å². The first-order chi connectivity index (χ1) is 14.9. The summed E-state index contributed by atoms with van der Waals surface area (Å²) in [5, 5.41) is 12.2. The molecule has 1 fully saturated rings. The van der Waals surface area contributed by atoms with Crippen molar-refractivity contribution >= 4 is 29.1 Å². The zero-order valence-electron chi connectivity index (χ0n) is 17.7. The van der Waals surface area contributed by atoms with Gasteiger partial charge in [0.2, 0.25) is 5.91 Å². The van der Waals surface area contributed by atoms with Crippen molar-refractivity contribution in [3.05, 3.63) is 58.1 Å². The molecule has 1 N–H and O–H groups in total. The molecule has 2 aromatic carbocycles. The zero-order valence-corrected chi connectivity index (χ0v) is 18.4. The van der Waals surface area contributed by atoms with E-state index >= 15 is 0 Å². The lowest BCUT2D eigenvalue weighted by atomic mass is 10.1. The maximum absolute atomic E-state index is 12.5. The molecule has 0 aliphatic carbocycles. The molecule has 2 amide bonds. The molecule has 0 atom stereocenters. The molecule has 0 aromatic heterocycles. The number of anilines is 1. The van der Waals surface area contributed by atoms with E-state index in [2.05, 4.69) is 5.32 Å². The lowest BCUT2D eigenvalue weighted by Gasteiger charge is -2.34.